The summed E-state index contributed by atoms with van der Waals surface area (Å²) in [5.74, 6) is 0.135. The number of hydrogen-bond acceptors (Lipinski definition) is 2. The van der Waals surface area contributed by atoms with E-state index in [2.05, 4.69) is 21.2 Å². The quantitative estimate of drug-likeness (QED) is 0.844. The molecule has 4 heteroatoms. The van der Waals surface area contributed by atoms with Crippen molar-refractivity contribution in [2.24, 2.45) is 0 Å². The Hall–Kier alpha value is -0.870. The predicted octanol–water partition coefficient (Wildman–Crippen LogP) is 1.90. The number of nitrogens with zero attached hydrogens (tertiary/aromatic N) is 1. The lowest BCUT2D eigenvalue weighted by atomic mass is 10.2. The molecule has 0 bridgehead atoms. The van der Waals surface area contributed by atoms with Gasteiger partial charge in [-0.15, -0.1) is 0 Å². The number of hydrogen-bond donors (Lipinski definition) is 1. The van der Waals surface area contributed by atoms with E-state index >= 15 is 0 Å². The summed E-state index contributed by atoms with van der Waals surface area (Å²) in [4.78, 5) is 13.4. The average molecular weight is 269 g/mol. The summed E-state index contributed by atoms with van der Waals surface area (Å²) in [6.45, 7) is 1.88. The molecule has 2 rings (SSSR count). The molecule has 1 amide bonds. The van der Waals surface area contributed by atoms with Gasteiger partial charge in [-0.2, -0.15) is 0 Å². The largest absolute Gasteiger partial charge is 0.325 e. The molecular weight excluding hydrogens is 256 g/mol. The highest BCUT2D eigenvalue weighted by atomic mass is 79.9. The van der Waals surface area contributed by atoms with Crippen LogP contribution in [0.1, 0.15) is 18.7 Å². The minimum atomic E-state index is -0.105. The van der Waals surface area contributed by atoms with Crippen molar-refractivity contribution in [2.75, 3.05) is 7.05 Å². The van der Waals surface area contributed by atoms with Crippen LogP contribution in [0.25, 0.3) is 0 Å². The highest BCUT2D eigenvalue weighted by molar-refractivity contribution is 9.10. The summed E-state index contributed by atoms with van der Waals surface area (Å²) in [5.41, 5.74) is 1.10. The molecule has 15 heavy (non-hydrogen) atoms. The first-order valence-electron chi connectivity index (χ1n) is 4.88. The summed E-state index contributed by atoms with van der Waals surface area (Å²) in [5, 5.41) is 3.26. The molecule has 3 nitrogen and oxygen atoms in total. The lowest BCUT2D eigenvalue weighted by molar-refractivity contribution is -0.128. The molecule has 1 heterocycles. The van der Waals surface area contributed by atoms with Crippen LogP contribution in [0.4, 0.5) is 0 Å². The predicted molar refractivity (Wildman–Crippen MR) is 62.3 cm³/mol. The fourth-order valence-corrected chi connectivity index (χ4v) is 2.35. The molecule has 1 fully saturated rings. The fourth-order valence-electron chi connectivity index (χ4n) is 1.85. The van der Waals surface area contributed by atoms with E-state index in [4.69, 9.17) is 0 Å². The molecule has 1 aromatic carbocycles. The third-order valence-electron chi connectivity index (χ3n) is 2.71. The van der Waals surface area contributed by atoms with Crippen LogP contribution >= 0.6 is 15.9 Å². The second kappa shape index (κ2) is 3.94. The van der Waals surface area contributed by atoms with Gasteiger partial charge in [-0.3, -0.25) is 10.1 Å². The minimum Gasteiger partial charge on any atom is -0.325 e. The van der Waals surface area contributed by atoms with E-state index in [9.17, 15) is 4.79 Å². The van der Waals surface area contributed by atoms with Crippen molar-refractivity contribution >= 4 is 21.8 Å². The molecule has 2 atom stereocenters. The average Bonchev–Trinajstić information content (AvgIpc) is 2.47. The Kier molecular flexibility index (Phi) is 2.80. The molecule has 0 spiro atoms. The number of nitrogens with one attached hydrogen (secondary N) is 1. The van der Waals surface area contributed by atoms with Crippen molar-refractivity contribution in [2.45, 2.75) is 19.1 Å². The Morgan fingerprint density at radius 1 is 1.40 bits per heavy atom. The Bertz CT molecular complexity index is 394. The first-order chi connectivity index (χ1) is 7.11. The van der Waals surface area contributed by atoms with E-state index in [1.807, 2.05) is 38.2 Å². The summed E-state index contributed by atoms with van der Waals surface area (Å²) in [6, 6.07) is 7.84. The van der Waals surface area contributed by atoms with Crippen LogP contribution in [0.5, 0.6) is 0 Å². The summed E-state index contributed by atoms with van der Waals surface area (Å²) < 4.78 is 1.02. The number of carbonyl (C=O) groups is 1. The maximum Gasteiger partial charge on any atom is 0.240 e. The molecule has 1 aliphatic heterocycles. The van der Waals surface area contributed by atoms with Gasteiger partial charge in [0.15, 0.2) is 0 Å². The van der Waals surface area contributed by atoms with Gasteiger partial charge in [0.25, 0.3) is 0 Å². The second-order valence-corrected chi connectivity index (χ2v) is 4.62. The van der Waals surface area contributed by atoms with E-state index in [0.717, 1.165) is 10.0 Å². The third kappa shape index (κ3) is 1.79. The summed E-state index contributed by atoms with van der Waals surface area (Å²) in [7, 11) is 1.82. The van der Waals surface area contributed by atoms with Gasteiger partial charge in [0, 0.05) is 17.1 Å². The van der Waals surface area contributed by atoms with Crippen molar-refractivity contribution < 1.29 is 4.79 Å². The number of rotatable bonds is 1. The summed E-state index contributed by atoms with van der Waals surface area (Å²) in [6.07, 6.45) is -0.0249. The zero-order valence-electron chi connectivity index (χ0n) is 8.70. The van der Waals surface area contributed by atoms with Gasteiger partial charge < -0.3 is 4.90 Å². The molecular formula is C11H13BrN2O. The molecule has 0 saturated carbocycles. The smallest absolute Gasteiger partial charge is 0.240 e. The number of amides is 1. The Morgan fingerprint density at radius 2 is 2.07 bits per heavy atom. The number of benzene rings is 1. The van der Waals surface area contributed by atoms with Gasteiger partial charge >= 0.3 is 0 Å². The molecule has 1 unspecified atom stereocenters. The second-order valence-electron chi connectivity index (χ2n) is 3.76. The van der Waals surface area contributed by atoms with Gasteiger partial charge in [-0.05, 0) is 13.0 Å². The standard InChI is InChI=1S/C11H13BrN2O/c1-7-11(15)14(2)10(13-7)8-5-3-4-6-9(8)12/h3-7,10,13H,1-2H3/t7-,10?/m0/s1. The Labute approximate surface area is 97.6 Å². The number of likely N-dealkylation sites (N-methyl/N-ethyl adjacent to an activating group) is 1. The topological polar surface area (TPSA) is 32.3 Å². The van der Waals surface area contributed by atoms with Gasteiger partial charge in [0.1, 0.15) is 6.17 Å². The SMILES string of the molecule is C[C@@H]1NC(c2ccccc2Br)N(C)C1=O. The normalized spacial score (nSPS) is 26.1. The van der Waals surface area contributed by atoms with E-state index < -0.39 is 0 Å². The lowest BCUT2D eigenvalue weighted by Crippen LogP contribution is -2.26. The summed E-state index contributed by atoms with van der Waals surface area (Å²) >= 11 is 3.50. The van der Waals surface area contributed by atoms with Crippen LogP contribution < -0.4 is 5.32 Å². The van der Waals surface area contributed by atoms with Crippen LogP contribution in [0.15, 0.2) is 28.7 Å². The lowest BCUT2D eigenvalue weighted by Gasteiger charge is -2.20. The van der Waals surface area contributed by atoms with Crippen LogP contribution in [0.2, 0.25) is 0 Å². The first kappa shape index (κ1) is 10.6. The minimum absolute atomic E-state index is 0.0249. The van der Waals surface area contributed by atoms with Crippen LogP contribution in [-0.4, -0.2) is 23.9 Å². The highest BCUT2D eigenvalue weighted by Crippen LogP contribution is 2.28. The fraction of sp³-hybridized carbons (Fsp3) is 0.364. The number of carbonyl (C=O) groups excluding carboxylic acids is 1. The van der Waals surface area contributed by atoms with Crippen molar-refractivity contribution in [1.82, 2.24) is 10.2 Å². The maximum atomic E-state index is 11.6. The van der Waals surface area contributed by atoms with Gasteiger partial charge in [-0.25, -0.2) is 0 Å². The highest BCUT2D eigenvalue weighted by Gasteiger charge is 2.34. The molecule has 1 saturated heterocycles. The molecule has 1 aliphatic rings. The van der Waals surface area contributed by atoms with Crippen molar-refractivity contribution in [3.63, 3.8) is 0 Å². The third-order valence-corrected chi connectivity index (χ3v) is 3.44. The molecule has 1 aromatic rings. The van der Waals surface area contributed by atoms with Crippen molar-refractivity contribution in [3.8, 4) is 0 Å². The van der Waals surface area contributed by atoms with E-state index in [0.29, 0.717) is 0 Å². The monoisotopic (exact) mass is 268 g/mol. The van der Waals surface area contributed by atoms with Crippen molar-refractivity contribution in [3.05, 3.63) is 34.3 Å². The van der Waals surface area contributed by atoms with Crippen LogP contribution in [0.3, 0.4) is 0 Å². The Morgan fingerprint density at radius 3 is 2.60 bits per heavy atom. The number of halogens is 1. The van der Waals surface area contributed by atoms with E-state index in [-0.39, 0.29) is 18.1 Å². The maximum absolute atomic E-state index is 11.6. The molecule has 0 aliphatic carbocycles. The zero-order chi connectivity index (χ0) is 11.0. The molecule has 80 valence electrons. The van der Waals surface area contributed by atoms with Crippen LogP contribution in [0, 0.1) is 0 Å². The zero-order valence-corrected chi connectivity index (χ0v) is 10.3. The van der Waals surface area contributed by atoms with E-state index in [1.54, 1.807) is 4.90 Å². The van der Waals surface area contributed by atoms with Crippen molar-refractivity contribution in [1.29, 1.82) is 0 Å². The molecule has 1 N–H and O–H groups in total. The molecule has 0 radical (unpaired) electrons. The van der Waals surface area contributed by atoms with Gasteiger partial charge in [-0.1, -0.05) is 34.1 Å². The Balaban J connectivity index is 2.34. The first-order valence-corrected chi connectivity index (χ1v) is 5.67. The van der Waals surface area contributed by atoms with Crippen LogP contribution in [-0.2, 0) is 4.79 Å². The van der Waals surface area contributed by atoms with E-state index in [1.165, 1.54) is 0 Å². The molecule has 0 aromatic heterocycles. The van der Waals surface area contributed by atoms with Gasteiger partial charge in [0.05, 0.1) is 6.04 Å². The van der Waals surface area contributed by atoms with Gasteiger partial charge in [0.2, 0.25) is 5.91 Å².